The molecule has 4 rings (SSSR count). The Morgan fingerprint density at radius 3 is 2.75 bits per heavy atom. The predicted octanol–water partition coefficient (Wildman–Crippen LogP) is 3.56. The highest BCUT2D eigenvalue weighted by Crippen LogP contribution is 2.31. The number of aliphatic hydroxyl groups excluding tert-OH is 1. The number of pyridine rings is 1. The number of fused-ring (bicyclic) bond motifs is 2. The highest BCUT2D eigenvalue weighted by molar-refractivity contribution is 6.35. The zero-order valence-electron chi connectivity index (χ0n) is 15.7. The van der Waals surface area contributed by atoms with Crippen LogP contribution in [-0.4, -0.2) is 35.9 Å². The molecule has 9 heteroatoms. The number of anilines is 2. The third-order valence-corrected chi connectivity index (χ3v) is 4.69. The maximum atomic E-state index is 9.86. The number of aromatic nitrogens is 5. The monoisotopic (exact) mass is 397 g/mol. The molecule has 8 nitrogen and oxygen atoms in total. The van der Waals surface area contributed by atoms with Crippen LogP contribution in [0.15, 0.2) is 36.7 Å². The second-order valence-corrected chi connectivity index (χ2v) is 7.09. The van der Waals surface area contributed by atoms with Crippen LogP contribution < -0.4 is 10.6 Å². The average Bonchev–Trinajstić information content (AvgIpc) is 3.10. The summed E-state index contributed by atoms with van der Waals surface area (Å²) in [4.78, 5) is 13.2. The fourth-order valence-corrected chi connectivity index (χ4v) is 3.38. The summed E-state index contributed by atoms with van der Waals surface area (Å²) in [5.74, 6) is 1.86. The van der Waals surface area contributed by atoms with Gasteiger partial charge >= 0.3 is 0 Å². The molecule has 144 valence electrons. The maximum Gasteiger partial charge on any atom is 0.254 e. The number of nitrogens with one attached hydrogen (secondary N) is 2. The molecule has 0 bridgehead atoms. The van der Waals surface area contributed by atoms with Crippen LogP contribution in [0.3, 0.4) is 0 Å². The van der Waals surface area contributed by atoms with E-state index in [1.165, 1.54) is 6.33 Å². The zero-order valence-corrected chi connectivity index (χ0v) is 16.4. The van der Waals surface area contributed by atoms with E-state index in [0.717, 1.165) is 22.5 Å². The van der Waals surface area contributed by atoms with Gasteiger partial charge in [-0.1, -0.05) is 23.7 Å². The summed E-state index contributed by atoms with van der Waals surface area (Å²) >= 11 is 6.30. The lowest BCUT2D eigenvalue weighted by Gasteiger charge is -2.21. The first-order valence-electron chi connectivity index (χ1n) is 8.90. The summed E-state index contributed by atoms with van der Waals surface area (Å²) in [6.45, 7) is 5.56. The van der Waals surface area contributed by atoms with Crippen molar-refractivity contribution >= 4 is 39.9 Å². The lowest BCUT2D eigenvalue weighted by atomic mass is 10.1. The predicted molar refractivity (Wildman–Crippen MR) is 110 cm³/mol. The van der Waals surface area contributed by atoms with E-state index in [0.29, 0.717) is 22.1 Å². The van der Waals surface area contributed by atoms with Crippen LogP contribution in [0.5, 0.6) is 0 Å². The van der Waals surface area contributed by atoms with Crippen LogP contribution in [0.1, 0.15) is 31.1 Å². The van der Waals surface area contributed by atoms with Gasteiger partial charge in [-0.15, -0.1) is 0 Å². The van der Waals surface area contributed by atoms with E-state index < -0.39 is 6.23 Å². The second-order valence-electron chi connectivity index (χ2n) is 6.68. The third kappa shape index (κ3) is 3.44. The summed E-state index contributed by atoms with van der Waals surface area (Å²) < 4.78 is 1.65. The molecule has 3 heterocycles. The van der Waals surface area contributed by atoms with Gasteiger partial charge in [0.05, 0.1) is 16.6 Å². The van der Waals surface area contributed by atoms with Crippen molar-refractivity contribution in [2.45, 2.75) is 33.0 Å². The smallest absolute Gasteiger partial charge is 0.254 e. The summed E-state index contributed by atoms with van der Waals surface area (Å²) in [5.41, 5.74) is 2.40. The van der Waals surface area contributed by atoms with Gasteiger partial charge < -0.3 is 15.7 Å². The van der Waals surface area contributed by atoms with E-state index in [9.17, 15) is 5.11 Å². The number of aryl methyl sites for hydroxylation is 1. The Bertz CT molecular complexity index is 1160. The standard InChI is InChI=1S/C19H20ClN7O/c1-10-7-16(27-19(23-10)21-9-22-27)24-11(2)14-8-13-5-4-6-15(20)17(13)26-18(14)25-12(3)28/h4-9,11-12,24,28H,1-3H3,(H,25,26)/t11?,12-/m0/s1. The van der Waals surface area contributed by atoms with Crippen molar-refractivity contribution in [3.63, 3.8) is 0 Å². The highest BCUT2D eigenvalue weighted by atomic mass is 35.5. The highest BCUT2D eigenvalue weighted by Gasteiger charge is 2.17. The van der Waals surface area contributed by atoms with Gasteiger partial charge in [0.2, 0.25) is 0 Å². The molecule has 0 aliphatic rings. The molecule has 28 heavy (non-hydrogen) atoms. The lowest BCUT2D eigenvalue weighted by Crippen LogP contribution is -2.19. The normalized spacial score (nSPS) is 13.6. The molecular weight excluding hydrogens is 378 g/mol. The van der Waals surface area contributed by atoms with E-state index in [-0.39, 0.29) is 6.04 Å². The molecule has 1 aromatic carbocycles. The molecule has 0 aliphatic carbocycles. The molecule has 0 aliphatic heterocycles. The first-order valence-corrected chi connectivity index (χ1v) is 9.28. The van der Waals surface area contributed by atoms with Crippen molar-refractivity contribution in [3.05, 3.63) is 52.9 Å². The van der Waals surface area contributed by atoms with E-state index in [2.05, 4.69) is 30.7 Å². The Morgan fingerprint density at radius 1 is 1.14 bits per heavy atom. The molecule has 0 amide bonds. The van der Waals surface area contributed by atoms with Crippen molar-refractivity contribution in [2.75, 3.05) is 10.6 Å². The quantitative estimate of drug-likeness (QED) is 0.442. The Kier molecular flexibility index (Phi) is 4.74. The summed E-state index contributed by atoms with van der Waals surface area (Å²) in [6, 6.07) is 9.43. The van der Waals surface area contributed by atoms with Gasteiger partial charge in [-0.2, -0.15) is 14.6 Å². The summed E-state index contributed by atoms with van der Waals surface area (Å²) in [5, 5.41) is 22.0. The number of nitrogens with zero attached hydrogens (tertiary/aromatic N) is 5. The number of rotatable bonds is 5. The zero-order chi connectivity index (χ0) is 19.8. The van der Waals surface area contributed by atoms with Crippen molar-refractivity contribution in [1.82, 2.24) is 24.6 Å². The molecular formula is C19H20ClN7O. The van der Waals surface area contributed by atoms with Gasteiger partial charge in [0.1, 0.15) is 24.2 Å². The number of hydrogen-bond acceptors (Lipinski definition) is 7. The lowest BCUT2D eigenvalue weighted by molar-refractivity contribution is 0.224. The third-order valence-electron chi connectivity index (χ3n) is 4.38. The number of benzene rings is 1. The number of para-hydroxylation sites is 1. The van der Waals surface area contributed by atoms with E-state index >= 15 is 0 Å². The van der Waals surface area contributed by atoms with Crippen LogP contribution in [0.4, 0.5) is 11.6 Å². The van der Waals surface area contributed by atoms with Crippen molar-refractivity contribution in [1.29, 1.82) is 0 Å². The van der Waals surface area contributed by atoms with Gasteiger partial charge in [0.25, 0.3) is 5.78 Å². The van der Waals surface area contributed by atoms with E-state index in [4.69, 9.17) is 11.6 Å². The number of aliphatic hydroxyl groups is 1. The van der Waals surface area contributed by atoms with Crippen molar-refractivity contribution < 1.29 is 5.11 Å². The first kappa shape index (κ1) is 18.4. The van der Waals surface area contributed by atoms with Crippen LogP contribution in [-0.2, 0) is 0 Å². The van der Waals surface area contributed by atoms with Crippen molar-refractivity contribution in [3.8, 4) is 0 Å². The van der Waals surface area contributed by atoms with Crippen LogP contribution in [0, 0.1) is 6.92 Å². The Morgan fingerprint density at radius 2 is 1.96 bits per heavy atom. The molecule has 0 fully saturated rings. The molecule has 4 aromatic rings. The van der Waals surface area contributed by atoms with Crippen molar-refractivity contribution in [2.24, 2.45) is 0 Å². The minimum absolute atomic E-state index is 0.147. The molecule has 0 radical (unpaired) electrons. The molecule has 3 N–H and O–H groups in total. The van der Waals surface area contributed by atoms with Gasteiger partial charge in [0.15, 0.2) is 0 Å². The minimum Gasteiger partial charge on any atom is -0.374 e. The summed E-state index contributed by atoms with van der Waals surface area (Å²) in [7, 11) is 0. The van der Waals surface area contributed by atoms with E-state index in [1.54, 1.807) is 17.5 Å². The summed E-state index contributed by atoms with van der Waals surface area (Å²) in [6.07, 6.45) is 0.709. The van der Waals surface area contributed by atoms with Crippen LogP contribution in [0.2, 0.25) is 5.02 Å². The molecule has 1 unspecified atom stereocenters. The van der Waals surface area contributed by atoms with Gasteiger partial charge in [0, 0.05) is 22.7 Å². The molecule has 3 aromatic heterocycles. The Labute approximate surface area is 166 Å². The second kappa shape index (κ2) is 7.21. The SMILES string of the molecule is Cc1cc(NC(C)c2cc3cccc(Cl)c3nc2N[C@H](C)O)n2ncnc2n1. The van der Waals surface area contributed by atoms with Gasteiger partial charge in [-0.3, -0.25) is 0 Å². The Balaban J connectivity index is 1.79. The number of hydrogen-bond donors (Lipinski definition) is 3. The fourth-order valence-electron chi connectivity index (χ4n) is 3.16. The largest absolute Gasteiger partial charge is 0.374 e. The van der Waals surface area contributed by atoms with Crippen LogP contribution in [0.25, 0.3) is 16.7 Å². The molecule has 0 spiro atoms. The minimum atomic E-state index is -0.761. The molecule has 2 atom stereocenters. The number of halogens is 1. The van der Waals surface area contributed by atoms with Gasteiger partial charge in [-0.05, 0) is 32.9 Å². The first-order chi connectivity index (χ1) is 13.4. The molecule has 0 saturated carbocycles. The topological polar surface area (TPSA) is 100 Å². The Hall–Kier alpha value is -2.97. The maximum absolute atomic E-state index is 9.86. The van der Waals surface area contributed by atoms with E-state index in [1.807, 2.05) is 38.1 Å². The average molecular weight is 398 g/mol. The van der Waals surface area contributed by atoms with Crippen LogP contribution >= 0.6 is 11.6 Å². The molecule has 0 saturated heterocycles. The van der Waals surface area contributed by atoms with Gasteiger partial charge in [-0.25, -0.2) is 9.97 Å². The fraction of sp³-hybridized carbons (Fsp3) is 0.263.